The Balaban J connectivity index is 5.62. The summed E-state index contributed by atoms with van der Waals surface area (Å²) in [5.74, 6) is -2.03. The molecule has 0 aliphatic carbocycles. The number of hydrogen-bond donors (Lipinski definition) is 1. The molecular weight excluding hydrogens is 436 g/mol. The molecule has 3 atom stereocenters. The van der Waals surface area contributed by atoms with Crippen molar-refractivity contribution in [2.45, 2.75) is 138 Å². The largest absolute Gasteiger partial charge is 0.462 e. The average Bonchev–Trinajstić information content (AvgIpc) is 2.75. The minimum Gasteiger partial charge on any atom is -0.462 e. The van der Waals surface area contributed by atoms with E-state index in [-0.39, 0.29) is 30.0 Å². The van der Waals surface area contributed by atoms with Crippen molar-refractivity contribution in [1.82, 2.24) is 0 Å². The van der Waals surface area contributed by atoms with Gasteiger partial charge in [-0.2, -0.15) is 0 Å². The summed E-state index contributed by atoms with van der Waals surface area (Å²) in [7, 11) is 0. The average molecular weight is 487 g/mol. The number of aliphatic hydroxyl groups is 1. The third-order valence-corrected chi connectivity index (χ3v) is 7.32. The molecule has 0 saturated heterocycles. The summed E-state index contributed by atoms with van der Waals surface area (Å²) in [6, 6.07) is 0. The van der Waals surface area contributed by atoms with Crippen LogP contribution in [0.4, 0.5) is 0 Å². The normalized spacial score (nSPS) is 16.1. The molecule has 1 N–H and O–H groups in total. The second kappa shape index (κ2) is 16.1. The molecule has 7 nitrogen and oxygen atoms in total. The van der Waals surface area contributed by atoms with Crippen molar-refractivity contribution in [1.29, 1.82) is 0 Å². The van der Waals surface area contributed by atoms with E-state index >= 15 is 0 Å². The van der Waals surface area contributed by atoms with Gasteiger partial charge in [0.15, 0.2) is 5.60 Å². The summed E-state index contributed by atoms with van der Waals surface area (Å²) in [6.07, 6.45) is 2.42. The minimum absolute atomic E-state index is 0.108. The van der Waals surface area contributed by atoms with Crippen molar-refractivity contribution < 1.29 is 33.7 Å². The molecule has 0 radical (unpaired) electrons. The van der Waals surface area contributed by atoms with Crippen LogP contribution in [0.1, 0.15) is 114 Å². The van der Waals surface area contributed by atoms with Crippen LogP contribution in [-0.2, 0) is 28.6 Å². The zero-order valence-corrected chi connectivity index (χ0v) is 23.0. The van der Waals surface area contributed by atoms with Crippen molar-refractivity contribution in [3.8, 4) is 0 Å². The van der Waals surface area contributed by atoms with Gasteiger partial charge < -0.3 is 19.3 Å². The van der Waals surface area contributed by atoms with E-state index in [4.69, 9.17) is 14.2 Å². The van der Waals surface area contributed by atoms with E-state index in [1.165, 1.54) is 0 Å². The molecule has 0 aromatic carbocycles. The molecule has 0 spiro atoms. The Morgan fingerprint density at radius 3 is 1.12 bits per heavy atom. The standard InChI is InChI=1S/C27H50O7/c1-10-21(11-2)18(7)32-24(28)16-27(31,26(30)34-20(9)23(14-5)15-6)17-25(29)33-19(8)22(12-3)13-4/h18-23,31H,10-17H2,1-9H3. The zero-order valence-electron chi connectivity index (χ0n) is 23.0. The van der Waals surface area contributed by atoms with Crippen molar-refractivity contribution in [2.24, 2.45) is 17.8 Å². The van der Waals surface area contributed by atoms with Crippen LogP contribution in [0.2, 0.25) is 0 Å². The molecule has 7 heteroatoms. The van der Waals surface area contributed by atoms with Crippen LogP contribution in [0.15, 0.2) is 0 Å². The summed E-state index contributed by atoms with van der Waals surface area (Å²) in [6.45, 7) is 17.4. The lowest BCUT2D eigenvalue weighted by Crippen LogP contribution is -2.47. The van der Waals surface area contributed by atoms with Gasteiger partial charge in [0.1, 0.15) is 18.3 Å². The van der Waals surface area contributed by atoms with Crippen LogP contribution in [0, 0.1) is 17.8 Å². The lowest BCUT2D eigenvalue weighted by atomic mass is 9.93. The van der Waals surface area contributed by atoms with Gasteiger partial charge >= 0.3 is 17.9 Å². The third-order valence-electron chi connectivity index (χ3n) is 7.32. The summed E-state index contributed by atoms with van der Waals surface area (Å²) >= 11 is 0. The lowest BCUT2D eigenvalue weighted by Gasteiger charge is -2.30. The Morgan fingerprint density at radius 2 is 0.853 bits per heavy atom. The lowest BCUT2D eigenvalue weighted by molar-refractivity contribution is -0.185. The Bertz CT molecular complexity index is 572. The highest BCUT2D eigenvalue weighted by atomic mass is 16.6. The Morgan fingerprint density at radius 1 is 0.588 bits per heavy atom. The fourth-order valence-electron chi connectivity index (χ4n) is 4.61. The van der Waals surface area contributed by atoms with Crippen LogP contribution < -0.4 is 0 Å². The van der Waals surface area contributed by atoms with E-state index < -0.39 is 42.5 Å². The van der Waals surface area contributed by atoms with Gasteiger partial charge in [-0.1, -0.05) is 41.5 Å². The maximum Gasteiger partial charge on any atom is 0.339 e. The first-order chi connectivity index (χ1) is 15.9. The Kier molecular flexibility index (Phi) is 15.3. The topological polar surface area (TPSA) is 99.1 Å². The van der Waals surface area contributed by atoms with Crippen molar-refractivity contribution in [3.63, 3.8) is 0 Å². The molecular formula is C27H50O7. The van der Waals surface area contributed by atoms with E-state index in [0.717, 1.165) is 38.5 Å². The van der Waals surface area contributed by atoms with Gasteiger partial charge in [0.05, 0.1) is 12.8 Å². The second-order valence-electron chi connectivity index (χ2n) is 9.62. The molecule has 0 aromatic heterocycles. The number of hydrogen-bond acceptors (Lipinski definition) is 7. The molecule has 0 heterocycles. The summed E-state index contributed by atoms with van der Waals surface area (Å²) in [5.41, 5.74) is -2.35. The number of esters is 3. The molecule has 0 aliphatic heterocycles. The smallest absolute Gasteiger partial charge is 0.339 e. The highest BCUT2D eigenvalue weighted by molar-refractivity contribution is 5.90. The SMILES string of the molecule is CCC(CC)C(C)OC(=O)CC(O)(CC(=O)OC(C)C(CC)CC)C(=O)OC(C)C(CC)CC. The quantitative estimate of drug-likeness (QED) is 0.211. The minimum atomic E-state index is -2.35. The van der Waals surface area contributed by atoms with E-state index in [0.29, 0.717) is 0 Å². The number of carbonyl (C=O) groups is 3. The van der Waals surface area contributed by atoms with Crippen LogP contribution in [0.3, 0.4) is 0 Å². The summed E-state index contributed by atoms with van der Waals surface area (Å²) in [4.78, 5) is 38.5. The fourth-order valence-corrected chi connectivity index (χ4v) is 4.61. The molecule has 34 heavy (non-hydrogen) atoms. The molecule has 0 saturated carbocycles. The number of carbonyl (C=O) groups excluding carboxylic acids is 3. The van der Waals surface area contributed by atoms with Crippen molar-refractivity contribution in [2.75, 3.05) is 0 Å². The van der Waals surface area contributed by atoms with E-state index in [9.17, 15) is 19.5 Å². The first-order valence-corrected chi connectivity index (χ1v) is 13.2. The van der Waals surface area contributed by atoms with Crippen LogP contribution >= 0.6 is 0 Å². The van der Waals surface area contributed by atoms with E-state index in [2.05, 4.69) is 0 Å². The highest BCUT2D eigenvalue weighted by Crippen LogP contribution is 2.26. The zero-order chi connectivity index (χ0) is 26.5. The monoisotopic (exact) mass is 486 g/mol. The Hall–Kier alpha value is -1.63. The van der Waals surface area contributed by atoms with Crippen LogP contribution in [0.5, 0.6) is 0 Å². The fraction of sp³-hybridized carbons (Fsp3) is 0.889. The van der Waals surface area contributed by atoms with Crippen molar-refractivity contribution in [3.05, 3.63) is 0 Å². The van der Waals surface area contributed by atoms with Gasteiger partial charge in [-0.05, 0) is 77.0 Å². The van der Waals surface area contributed by atoms with Gasteiger partial charge in [-0.15, -0.1) is 0 Å². The second-order valence-corrected chi connectivity index (χ2v) is 9.62. The molecule has 0 aromatic rings. The van der Waals surface area contributed by atoms with E-state index in [1.54, 1.807) is 20.8 Å². The van der Waals surface area contributed by atoms with Gasteiger partial charge in [0, 0.05) is 0 Å². The molecule has 3 unspecified atom stereocenters. The predicted octanol–water partition coefficient (Wildman–Crippen LogP) is 5.60. The van der Waals surface area contributed by atoms with Crippen LogP contribution in [0.25, 0.3) is 0 Å². The van der Waals surface area contributed by atoms with Crippen molar-refractivity contribution >= 4 is 17.9 Å². The number of ether oxygens (including phenoxy) is 3. The highest BCUT2D eigenvalue weighted by Gasteiger charge is 2.45. The summed E-state index contributed by atoms with van der Waals surface area (Å²) < 4.78 is 16.6. The maximum atomic E-state index is 13.1. The molecule has 0 rings (SSSR count). The van der Waals surface area contributed by atoms with Crippen LogP contribution in [-0.4, -0.2) is 46.9 Å². The first kappa shape index (κ1) is 32.4. The van der Waals surface area contributed by atoms with E-state index in [1.807, 2.05) is 41.5 Å². The van der Waals surface area contributed by atoms with Gasteiger partial charge in [0.2, 0.25) is 0 Å². The predicted molar refractivity (Wildman–Crippen MR) is 133 cm³/mol. The van der Waals surface area contributed by atoms with Gasteiger partial charge in [-0.3, -0.25) is 9.59 Å². The molecule has 200 valence electrons. The molecule has 0 aliphatic rings. The van der Waals surface area contributed by atoms with Gasteiger partial charge in [-0.25, -0.2) is 4.79 Å². The summed E-state index contributed by atoms with van der Waals surface area (Å²) in [5, 5.41) is 11.3. The molecule has 0 fully saturated rings. The Labute approximate surface area is 207 Å². The molecule has 0 amide bonds. The third kappa shape index (κ3) is 10.3. The number of rotatable bonds is 17. The maximum absolute atomic E-state index is 13.1. The van der Waals surface area contributed by atoms with Gasteiger partial charge in [0.25, 0.3) is 0 Å². The first-order valence-electron chi connectivity index (χ1n) is 13.2. The molecule has 0 bridgehead atoms.